The van der Waals surface area contributed by atoms with Crippen molar-refractivity contribution in [3.05, 3.63) is 70.8 Å². The maximum absolute atomic E-state index is 14.7. The normalized spacial score (nSPS) is 24.3. The molecule has 550 valence electrons. The lowest BCUT2D eigenvalue weighted by molar-refractivity contribution is -0.144. The number of primary amides is 2. The Morgan fingerprint density at radius 1 is 0.510 bits per heavy atom. The minimum absolute atomic E-state index is 0.0525. The molecular weight excluding hydrogens is 1280 g/mol. The molecule has 10 rings (SSSR count). The zero-order chi connectivity index (χ0) is 73.0. The number of likely N-dealkylation sites (tertiary alicyclic amines) is 2. The molecule has 0 radical (unpaired) electrons. The quantitative estimate of drug-likeness (QED) is 0.0516. The van der Waals surface area contributed by atoms with Gasteiger partial charge in [0.05, 0.1) is 24.2 Å². The van der Waals surface area contributed by atoms with Crippen molar-refractivity contribution in [3.8, 4) is 0 Å². The zero-order valence-corrected chi connectivity index (χ0v) is 60.4. The van der Waals surface area contributed by atoms with Crippen LogP contribution in [0.5, 0.6) is 0 Å². The number of aliphatic hydroxyl groups excluding tert-OH is 1. The van der Waals surface area contributed by atoms with E-state index in [-0.39, 0.29) is 107 Å². The van der Waals surface area contributed by atoms with Gasteiger partial charge in [-0.15, -0.1) is 0 Å². The molecule has 26 nitrogen and oxygen atoms in total. The number of nitrogens with one attached hydrogen (secondary N) is 8. The van der Waals surface area contributed by atoms with E-state index in [9.17, 15) is 57.8 Å². The number of nitrogens with zero attached hydrogens (tertiary/aromatic N) is 2. The highest BCUT2D eigenvalue weighted by atomic mass is 16.6. The number of carbonyl (C=O) groups is 11. The minimum atomic E-state index is -1.54. The number of alkyl carbamates (subject to hydrolysis) is 2. The number of amides is 12. The number of nitrogens with two attached hydrogens (primary N) is 2. The lowest BCUT2D eigenvalue weighted by Gasteiger charge is -2.37. The van der Waals surface area contributed by atoms with Crippen LogP contribution in [0.2, 0.25) is 0 Å². The fraction of sp³-hybridized carbons (Fsp3) is 0.689. The van der Waals surface area contributed by atoms with Gasteiger partial charge in [0.1, 0.15) is 37.4 Å². The molecule has 3 unspecified atom stereocenters. The molecule has 0 aromatic heterocycles. The Kier molecular flexibility index (Phi) is 24.3. The van der Waals surface area contributed by atoms with Gasteiger partial charge >= 0.3 is 24.2 Å². The molecule has 2 saturated heterocycles. The Bertz CT molecular complexity index is 3320. The van der Waals surface area contributed by atoms with E-state index in [0.717, 1.165) is 60.8 Å². The van der Waals surface area contributed by atoms with Crippen LogP contribution in [-0.2, 0) is 68.7 Å². The maximum Gasteiger partial charge on any atom is 0.407 e. The second-order valence-electron chi connectivity index (χ2n) is 32.2. The van der Waals surface area contributed by atoms with E-state index in [0.29, 0.717) is 51.6 Å². The summed E-state index contributed by atoms with van der Waals surface area (Å²) in [5.41, 5.74) is 14.9. The third kappa shape index (κ3) is 17.8. The van der Waals surface area contributed by atoms with Gasteiger partial charge in [-0.3, -0.25) is 33.6 Å². The second-order valence-corrected chi connectivity index (χ2v) is 32.2. The first-order chi connectivity index (χ1) is 47.2. The largest absolute Gasteiger partial charge is 0.447 e. The third-order valence-corrected chi connectivity index (χ3v) is 23.1. The highest BCUT2D eigenvalue weighted by Crippen LogP contribution is 2.66. The molecule has 100 heavy (non-hydrogen) atoms. The van der Waals surface area contributed by atoms with Crippen molar-refractivity contribution in [1.29, 1.82) is 0 Å². The molecular formula is C74H110N12O14. The number of hydrogen-bond acceptors (Lipinski definition) is 14. The van der Waals surface area contributed by atoms with E-state index in [1.165, 1.54) is 0 Å². The molecule has 2 aromatic carbocycles. The summed E-state index contributed by atoms with van der Waals surface area (Å²) in [6, 6.07) is 7.98. The first-order valence-corrected chi connectivity index (χ1v) is 36.3. The van der Waals surface area contributed by atoms with Crippen molar-refractivity contribution in [2.45, 2.75) is 227 Å². The fourth-order valence-electron chi connectivity index (χ4n) is 16.3. The molecule has 8 aliphatic rings. The zero-order valence-electron chi connectivity index (χ0n) is 60.4. The van der Waals surface area contributed by atoms with E-state index in [1.807, 2.05) is 104 Å². The topological polar surface area (TPSA) is 381 Å². The summed E-state index contributed by atoms with van der Waals surface area (Å²) < 4.78 is 10.7. The number of rotatable bonds is 28. The van der Waals surface area contributed by atoms with Gasteiger partial charge in [0.25, 0.3) is 5.91 Å². The Morgan fingerprint density at radius 2 is 0.880 bits per heavy atom. The number of ether oxygens (including phenoxy) is 2. The molecule has 6 fully saturated rings. The molecule has 6 aliphatic carbocycles. The first-order valence-electron chi connectivity index (χ1n) is 36.3. The summed E-state index contributed by atoms with van der Waals surface area (Å²) in [6.45, 7) is 23.8. The Balaban J connectivity index is 0.000000233. The van der Waals surface area contributed by atoms with Crippen molar-refractivity contribution in [1.82, 2.24) is 52.3 Å². The van der Waals surface area contributed by atoms with Crippen LogP contribution in [0.4, 0.5) is 19.2 Å². The SMILES string of the molecule is CC(C)NC(=O)OC[C@@H](NC(=O)N[C@H](C(=O)N1C[C@H]2[C@@H]([C@H]1C(=O)NC(CC1CCC1)C(=O)C(N)=O)C2(C)C)C1Cc2ccccc2C1)C(C)C.CC(C)NC(=O)OC[C@@H](NC(=O)N[C@H](C(=O)N1C[C@H]2[C@@H]([C@H]1C(=O)NC(CC1CCC1)C(O)C(N)=O)C2(C)C)C1Cc2ccccc2C1)C(C)C. The van der Waals surface area contributed by atoms with Gasteiger partial charge in [-0.05, 0) is 158 Å². The van der Waals surface area contributed by atoms with Gasteiger partial charge in [0.2, 0.25) is 35.3 Å². The number of urea groups is 2. The number of carbonyl (C=O) groups excluding carboxylic acids is 11. The van der Waals surface area contributed by atoms with Gasteiger partial charge in [-0.2, -0.15) is 0 Å². The van der Waals surface area contributed by atoms with Crippen LogP contribution in [-0.4, -0.2) is 173 Å². The van der Waals surface area contributed by atoms with Crippen LogP contribution in [0.25, 0.3) is 0 Å². The van der Waals surface area contributed by atoms with Crippen LogP contribution < -0.4 is 54.0 Å². The van der Waals surface area contributed by atoms with Crippen molar-refractivity contribution in [2.75, 3.05) is 26.3 Å². The average molecular weight is 1390 g/mol. The number of hydrogen-bond donors (Lipinski definition) is 11. The van der Waals surface area contributed by atoms with Crippen LogP contribution in [0, 0.1) is 70.0 Å². The van der Waals surface area contributed by atoms with Gasteiger partial charge in [-0.1, -0.05) is 142 Å². The van der Waals surface area contributed by atoms with Crippen LogP contribution in [0.15, 0.2) is 48.5 Å². The number of fused-ring (bicyclic) bond motifs is 4. The second kappa shape index (κ2) is 31.9. The van der Waals surface area contributed by atoms with Gasteiger partial charge in [0.15, 0.2) is 6.10 Å². The highest BCUT2D eigenvalue weighted by Gasteiger charge is 2.71. The van der Waals surface area contributed by atoms with Crippen molar-refractivity contribution >= 4 is 65.5 Å². The predicted molar refractivity (Wildman–Crippen MR) is 372 cm³/mol. The molecule has 26 heteroatoms. The molecule has 2 heterocycles. The Hall–Kier alpha value is -8.03. The lowest BCUT2D eigenvalue weighted by Crippen LogP contribution is -2.61. The van der Waals surface area contributed by atoms with Crippen LogP contribution in [0.3, 0.4) is 0 Å². The molecule has 13 N–H and O–H groups in total. The maximum atomic E-state index is 14.7. The summed E-state index contributed by atoms with van der Waals surface area (Å²) in [4.78, 5) is 149. The van der Waals surface area contributed by atoms with E-state index in [1.54, 1.807) is 9.80 Å². The van der Waals surface area contributed by atoms with Crippen LogP contribution >= 0.6 is 0 Å². The number of piperidine rings is 2. The lowest BCUT2D eigenvalue weighted by atomic mass is 9.79. The molecule has 2 aliphatic heterocycles. The number of Topliss-reactive ketones (excluding diaryl/α,β-unsaturated/α-hetero) is 1. The highest BCUT2D eigenvalue weighted by molar-refractivity contribution is 6.37. The van der Waals surface area contributed by atoms with Crippen LogP contribution in [0.1, 0.15) is 157 Å². The molecule has 13 atom stereocenters. The third-order valence-electron chi connectivity index (χ3n) is 23.1. The molecule has 4 saturated carbocycles. The van der Waals surface area contributed by atoms with Crippen molar-refractivity contribution in [3.63, 3.8) is 0 Å². The van der Waals surface area contributed by atoms with E-state index < -0.39 is 108 Å². The molecule has 0 spiro atoms. The van der Waals surface area contributed by atoms with Gasteiger partial charge in [0, 0.05) is 25.2 Å². The molecule has 12 amide bonds. The number of benzene rings is 2. The van der Waals surface area contributed by atoms with Crippen molar-refractivity contribution in [2.24, 2.45) is 81.5 Å². The molecule has 0 bridgehead atoms. The average Bonchev–Trinajstić information content (AvgIpc) is 1.53. The van der Waals surface area contributed by atoms with E-state index in [4.69, 9.17) is 20.9 Å². The van der Waals surface area contributed by atoms with Gasteiger partial charge < -0.3 is 78.4 Å². The minimum Gasteiger partial charge on any atom is -0.447 e. The Labute approximate surface area is 587 Å². The smallest absolute Gasteiger partial charge is 0.407 e. The predicted octanol–water partition coefficient (Wildman–Crippen LogP) is 4.67. The summed E-state index contributed by atoms with van der Waals surface area (Å²) in [6.07, 6.45) is 6.18. The van der Waals surface area contributed by atoms with E-state index in [2.05, 4.69) is 70.2 Å². The monoisotopic (exact) mass is 1390 g/mol. The summed E-state index contributed by atoms with van der Waals surface area (Å²) in [7, 11) is 0. The Morgan fingerprint density at radius 3 is 1.21 bits per heavy atom. The van der Waals surface area contributed by atoms with Gasteiger partial charge in [-0.25, -0.2) is 19.2 Å². The summed E-state index contributed by atoms with van der Waals surface area (Å²) in [5.74, 6) is -4.76. The standard InChI is InChI=1S/C37H56N6O7.C37H54N6O7/c2*1-19(2)27(18-50-36(49)39-20(3)4)41-35(48)42-29(24-15-22-12-7-8-13-23(22)16-24)34(47)43-17-25-28(37(25,5)6)30(43)33(46)40-26(31(44)32(38)45)14-21-10-9-11-21/h7-8,12-13,19-21,24-31,44H,9-11,14-18H2,1-6H3,(H2,38,45)(H,39,49)(H,40,46)(H2,41,42,48);7-8,12-13,19-21,24-30H,9-11,14-18H2,1-6H3,(H2,38,45)(H,39,49)(H,40,46)(H2,41,42,48)/t25-,26?,27+,28-,29-,30-,31?;25-,26?,27+,28-,29-,30-/m00/s1. The summed E-state index contributed by atoms with van der Waals surface area (Å²) in [5, 5.41) is 33.5. The number of aliphatic hydroxyl groups is 1. The first kappa shape index (κ1) is 76.2. The summed E-state index contributed by atoms with van der Waals surface area (Å²) >= 11 is 0. The fourth-order valence-corrected chi connectivity index (χ4v) is 16.3. The molecule has 2 aromatic rings. The van der Waals surface area contributed by atoms with E-state index >= 15 is 0 Å². The number of ketones is 1. The van der Waals surface area contributed by atoms with Crippen molar-refractivity contribution < 1.29 is 67.3 Å².